The summed E-state index contributed by atoms with van der Waals surface area (Å²) in [6.45, 7) is 8.94. The highest BCUT2D eigenvalue weighted by Gasteiger charge is 2.20. The summed E-state index contributed by atoms with van der Waals surface area (Å²) in [6, 6.07) is -0.252. The van der Waals surface area contributed by atoms with Gasteiger partial charge in [0.1, 0.15) is 4.88 Å². The summed E-state index contributed by atoms with van der Waals surface area (Å²) in [5, 5.41) is 8.12. The fourth-order valence-corrected chi connectivity index (χ4v) is 2.72. The first-order chi connectivity index (χ1) is 10.2. The van der Waals surface area contributed by atoms with Crippen molar-refractivity contribution in [3.63, 3.8) is 0 Å². The maximum absolute atomic E-state index is 6.16. The lowest BCUT2D eigenvalue weighted by Crippen LogP contribution is -2.32. The van der Waals surface area contributed by atoms with Crippen LogP contribution in [-0.2, 0) is 6.42 Å². The van der Waals surface area contributed by atoms with Crippen molar-refractivity contribution in [1.82, 2.24) is 24.6 Å². The van der Waals surface area contributed by atoms with Crippen molar-refractivity contribution in [1.29, 1.82) is 0 Å². The molecular formula is C13H22N6OS. The molecule has 2 aromatic rings. The van der Waals surface area contributed by atoms with Crippen molar-refractivity contribution in [2.75, 3.05) is 19.6 Å². The highest BCUT2D eigenvalue weighted by molar-refractivity contribution is 7.09. The molecule has 0 spiro atoms. The van der Waals surface area contributed by atoms with Crippen molar-refractivity contribution in [3.8, 4) is 10.8 Å². The van der Waals surface area contributed by atoms with Gasteiger partial charge in [0.2, 0.25) is 0 Å². The van der Waals surface area contributed by atoms with E-state index in [9.17, 15) is 0 Å². The van der Waals surface area contributed by atoms with Crippen LogP contribution in [0.1, 0.15) is 44.8 Å². The first kappa shape index (κ1) is 16.0. The van der Waals surface area contributed by atoms with Gasteiger partial charge in [0, 0.05) is 6.54 Å². The fraction of sp³-hybridized carbons (Fsp3) is 0.692. The number of hydrogen-bond acceptors (Lipinski definition) is 8. The summed E-state index contributed by atoms with van der Waals surface area (Å²) in [4.78, 5) is 7.50. The van der Waals surface area contributed by atoms with Gasteiger partial charge in [-0.3, -0.25) is 0 Å². The Morgan fingerprint density at radius 2 is 2.05 bits per heavy atom. The molecule has 0 aromatic carbocycles. The predicted octanol–water partition coefficient (Wildman–Crippen LogP) is 1.88. The van der Waals surface area contributed by atoms with Gasteiger partial charge in [0.25, 0.3) is 5.89 Å². The standard InChI is InChI=1S/C13H22N6OS/c1-4-7-10-11(21-18-16-10)13-15-12(17-20-13)9(14)8-19(5-2)6-3/h9H,4-8,14H2,1-3H3. The van der Waals surface area contributed by atoms with Gasteiger partial charge in [0.05, 0.1) is 11.7 Å². The van der Waals surface area contributed by atoms with Gasteiger partial charge < -0.3 is 15.2 Å². The summed E-state index contributed by atoms with van der Waals surface area (Å²) in [6.07, 6.45) is 1.86. The monoisotopic (exact) mass is 310 g/mol. The van der Waals surface area contributed by atoms with Crippen LogP contribution in [0.15, 0.2) is 4.52 Å². The van der Waals surface area contributed by atoms with E-state index in [0.29, 0.717) is 18.3 Å². The van der Waals surface area contributed by atoms with Crippen LogP contribution in [-0.4, -0.2) is 44.3 Å². The van der Waals surface area contributed by atoms with Gasteiger partial charge in [-0.25, -0.2) is 0 Å². The summed E-state index contributed by atoms with van der Waals surface area (Å²) in [5.41, 5.74) is 7.07. The molecule has 0 radical (unpaired) electrons. The lowest BCUT2D eigenvalue weighted by Gasteiger charge is -2.20. The Labute approximate surface area is 128 Å². The van der Waals surface area contributed by atoms with E-state index < -0.39 is 0 Å². The maximum atomic E-state index is 6.16. The molecule has 2 aromatic heterocycles. The molecule has 0 saturated heterocycles. The zero-order valence-electron chi connectivity index (χ0n) is 12.7. The number of nitrogens with zero attached hydrogens (tertiary/aromatic N) is 5. The van der Waals surface area contributed by atoms with Crippen molar-refractivity contribution in [2.24, 2.45) is 5.73 Å². The van der Waals surface area contributed by atoms with Gasteiger partial charge in [-0.15, -0.1) is 5.10 Å². The van der Waals surface area contributed by atoms with Crippen molar-refractivity contribution >= 4 is 11.5 Å². The van der Waals surface area contributed by atoms with Crippen LogP contribution in [0.25, 0.3) is 10.8 Å². The Balaban J connectivity index is 2.12. The average Bonchev–Trinajstić information content (AvgIpc) is 3.13. The minimum atomic E-state index is -0.252. The molecule has 0 aliphatic rings. The largest absolute Gasteiger partial charge is 0.333 e. The molecule has 1 atom stereocenters. The van der Waals surface area contributed by atoms with Gasteiger partial charge in [-0.05, 0) is 31.0 Å². The minimum absolute atomic E-state index is 0.252. The lowest BCUT2D eigenvalue weighted by molar-refractivity contribution is 0.278. The van der Waals surface area contributed by atoms with E-state index in [-0.39, 0.29) is 6.04 Å². The Bertz CT molecular complexity index is 550. The van der Waals surface area contributed by atoms with E-state index >= 15 is 0 Å². The molecule has 0 amide bonds. The normalized spacial score (nSPS) is 13.0. The van der Waals surface area contributed by atoms with Crippen molar-refractivity contribution in [2.45, 2.75) is 39.7 Å². The number of rotatable bonds is 8. The molecule has 8 heteroatoms. The Kier molecular flexibility index (Phi) is 5.77. The number of nitrogens with two attached hydrogens (primary N) is 1. The van der Waals surface area contributed by atoms with Gasteiger partial charge in [-0.1, -0.05) is 36.8 Å². The SMILES string of the molecule is CCCc1nnsc1-c1nc(C(N)CN(CC)CC)no1. The minimum Gasteiger partial charge on any atom is -0.333 e. The van der Waals surface area contributed by atoms with E-state index in [4.69, 9.17) is 10.3 Å². The van der Waals surface area contributed by atoms with Crippen LogP contribution < -0.4 is 5.73 Å². The molecule has 21 heavy (non-hydrogen) atoms. The molecule has 0 aliphatic carbocycles. The topological polar surface area (TPSA) is 94.0 Å². The quantitative estimate of drug-likeness (QED) is 0.795. The molecule has 1 unspecified atom stereocenters. The Morgan fingerprint density at radius 3 is 2.71 bits per heavy atom. The maximum Gasteiger partial charge on any atom is 0.271 e. The average molecular weight is 310 g/mol. The highest BCUT2D eigenvalue weighted by Crippen LogP contribution is 2.26. The van der Waals surface area contributed by atoms with E-state index in [1.165, 1.54) is 11.5 Å². The van der Waals surface area contributed by atoms with Crippen molar-refractivity contribution in [3.05, 3.63) is 11.5 Å². The first-order valence-electron chi connectivity index (χ1n) is 7.32. The molecule has 2 rings (SSSR count). The third kappa shape index (κ3) is 3.84. The third-order valence-electron chi connectivity index (χ3n) is 3.36. The molecule has 0 bridgehead atoms. The van der Waals surface area contributed by atoms with Crippen LogP contribution in [0.4, 0.5) is 0 Å². The number of hydrogen-bond donors (Lipinski definition) is 1. The van der Waals surface area contributed by atoms with E-state index in [1.807, 2.05) is 0 Å². The third-order valence-corrected chi connectivity index (χ3v) is 4.12. The van der Waals surface area contributed by atoms with Gasteiger partial charge >= 0.3 is 0 Å². The molecule has 0 fully saturated rings. The smallest absolute Gasteiger partial charge is 0.271 e. The second-order valence-electron chi connectivity index (χ2n) is 4.85. The molecule has 2 heterocycles. The van der Waals surface area contributed by atoms with Crippen LogP contribution in [0.5, 0.6) is 0 Å². The summed E-state index contributed by atoms with van der Waals surface area (Å²) >= 11 is 1.28. The van der Waals surface area contributed by atoms with E-state index in [2.05, 4.69) is 45.4 Å². The van der Waals surface area contributed by atoms with Gasteiger partial charge in [-0.2, -0.15) is 4.98 Å². The van der Waals surface area contributed by atoms with Gasteiger partial charge in [0.15, 0.2) is 5.82 Å². The first-order valence-corrected chi connectivity index (χ1v) is 8.10. The molecule has 116 valence electrons. The van der Waals surface area contributed by atoms with Crippen LogP contribution in [0.3, 0.4) is 0 Å². The number of likely N-dealkylation sites (N-methyl/N-ethyl adjacent to an activating group) is 1. The lowest BCUT2D eigenvalue weighted by atomic mass is 10.2. The molecule has 0 saturated carbocycles. The van der Waals surface area contributed by atoms with Crippen LogP contribution >= 0.6 is 11.5 Å². The summed E-state index contributed by atoms with van der Waals surface area (Å²) < 4.78 is 9.31. The fourth-order valence-electron chi connectivity index (χ4n) is 2.09. The molecular weight excluding hydrogens is 288 g/mol. The number of aromatic nitrogens is 4. The van der Waals surface area contributed by atoms with E-state index in [0.717, 1.165) is 36.5 Å². The second kappa shape index (κ2) is 7.58. The number of aryl methyl sites for hydroxylation is 1. The molecule has 0 aliphatic heterocycles. The van der Waals surface area contributed by atoms with Crippen LogP contribution in [0, 0.1) is 0 Å². The Morgan fingerprint density at radius 1 is 1.29 bits per heavy atom. The highest BCUT2D eigenvalue weighted by atomic mass is 32.1. The molecule has 2 N–H and O–H groups in total. The zero-order valence-corrected chi connectivity index (χ0v) is 13.6. The second-order valence-corrected chi connectivity index (χ2v) is 5.60. The predicted molar refractivity (Wildman–Crippen MR) is 81.9 cm³/mol. The van der Waals surface area contributed by atoms with Crippen molar-refractivity contribution < 1.29 is 4.52 Å². The molecule has 7 nitrogen and oxygen atoms in total. The zero-order chi connectivity index (χ0) is 15.2. The van der Waals surface area contributed by atoms with E-state index in [1.54, 1.807) is 0 Å². The van der Waals surface area contributed by atoms with Crippen LogP contribution in [0.2, 0.25) is 0 Å². The summed E-state index contributed by atoms with van der Waals surface area (Å²) in [5.74, 6) is 1.01. The summed E-state index contributed by atoms with van der Waals surface area (Å²) in [7, 11) is 0. The Hall–Kier alpha value is -1.38.